The number of nitrogens with one attached hydrogen (secondary N) is 2. The van der Waals surface area contributed by atoms with E-state index in [0.717, 1.165) is 36.1 Å². The highest BCUT2D eigenvalue weighted by Crippen LogP contribution is 2.28. The van der Waals surface area contributed by atoms with Gasteiger partial charge < -0.3 is 24.7 Å². The number of amides is 1. The van der Waals surface area contributed by atoms with E-state index in [9.17, 15) is 9.59 Å². The average molecular weight is 438 g/mol. The Morgan fingerprint density at radius 1 is 1.06 bits per heavy atom. The highest BCUT2D eigenvalue weighted by molar-refractivity contribution is 6.45. The van der Waals surface area contributed by atoms with Gasteiger partial charge in [0.05, 0.1) is 12.7 Å². The van der Waals surface area contributed by atoms with Gasteiger partial charge in [-0.3, -0.25) is 9.59 Å². The van der Waals surface area contributed by atoms with Crippen LogP contribution in [0.2, 0.25) is 0 Å². The SMILES string of the molecule is CCN(CC)CCOc1ccc(CNC(=O)C(=O)c2c(C)[nH]c3ccccc23)cc1OC. The summed E-state index contributed by atoms with van der Waals surface area (Å²) in [5.74, 6) is 0.0509. The predicted molar refractivity (Wildman–Crippen MR) is 125 cm³/mol. The second-order valence-corrected chi connectivity index (χ2v) is 7.54. The number of aryl methyl sites for hydroxylation is 1. The summed E-state index contributed by atoms with van der Waals surface area (Å²) in [5, 5.41) is 3.47. The predicted octanol–water partition coefficient (Wildman–Crippen LogP) is 3.70. The number of fused-ring (bicyclic) bond motifs is 1. The number of ketones is 1. The summed E-state index contributed by atoms with van der Waals surface area (Å²) < 4.78 is 11.3. The number of para-hydroxylation sites is 1. The summed E-state index contributed by atoms with van der Waals surface area (Å²) in [4.78, 5) is 30.8. The molecule has 0 atom stereocenters. The van der Waals surface area contributed by atoms with Crippen LogP contribution in [-0.2, 0) is 11.3 Å². The van der Waals surface area contributed by atoms with Crippen LogP contribution in [0.25, 0.3) is 10.9 Å². The van der Waals surface area contributed by atoms with Crippen molar-refractivity contribution in [1.82, 2.24) is 15.2 Å². The van der Waals surface area contributed by atoms with Gasteiger partial charge in [-0.25, -0.2) is 0 Å². The Morgan fingerprint density at radius 3 is 2.53 bits per heavy atom. The number of methoxy groups -OCH3 is 1. The normalized spacial score (nSPS) is 11.0. The lowest BCUT2D eigenvalue weighted by Crippen LogP contribution is -2.30. The van der Waals surface area contributed by atoms with Gasteiger partial charge in [0.2, 0.25) is 0 Å². The van der Waals surface area contributed by atoms with Crippen LogP contribution < -0.4 is 14.8 Å². The largest absolute Gasteiger partial charge is 0.493 e. The maximum atomic E-state index is 12.8. The molecule has 170 valence electrons. The van der Waals surface area contributed by atoms with E-state index < -0.39 is 11.7 Å². The van der Waals surface area contributed by atoms with Crippen LogP contribution in [-0.4, -0.2) is 54.9 Å². The van der Waals surface area contributed by atoms with Crippen LogP contribution in [0.4, 0.5) is 0 Å². The van der Waals surface area contributed by atoms with E-state index in [1.807, 2.05) is 42.5 Å². The molecule has 0 saturated heterocycles. The van der Waals surface area contributed by atoms with E-state index in [0.29, 0.717) is 29.4 Å². The fourth-order valence-electron chi connectivity index (χ4n) is 3.71. The molecule has 1 aromatic heterocycles. The third kappa shape index (κ3) is 5.29. The van der Waals surface area contributed by atoms with Gasteiger partial charge >= 0.3 is 0 Å². The molecule has 3 aromatic rings. The molecule has 0 spiro atoms. The number of likely N-dealkylation sites (N-methyl/N-ethyl adjacent to an activating group) is 1. The number of hydrogen-bond donors (Lipinski definition) is 2. The first-order valence-corrected chi connectivity index (χ1v) is 10.9. The number of aromatic nitrogens is 1. The molecule has 7 heteroatoms. The van der Waals surface area contributed by atoms with Crippen molar-refractivity contribution in [3.8, 4) is 11.5 Å². The molecule has 0 unspecified atom stereocenters. The molecule has 1 amide bonds. The zero-order valence-electron chi connectivity index (χ0n) is 19.2. The number of Topliss-reactive ketones (excluding diaryl/α,β-unsaturated/α-hetero) is 1. The Bertz CT molecular complexity index is 1090. The molecular formula is C25H31N3O4. The van der Waals surface area contributed by atoms with E-state index in [1.54, 1.807) is 14.0 Å². The van der Waals surface area contributed by atoms with Crippen molar-refractivity contribution in [3.05, 3.63) is 59.3 Å². The minimum absolute atomic E-state index is 0.210. The lowest BCUT2D eigenvalue weighted by atomic mass is 10.1. The fraction of sp³-hybridized carbons (Fsp3) is 0.360. The quantitative estimate of drug-likeness (QED) is 0.353. The van der Waals surface area contributed by atoms with Crippen molar-refractivity contribution in [1.29, 1.82) is 0 Å². The first kappa shape index (κ1) is 23.3. The van der Waals surface area contributed by atoms with Gasteiger partial charge in [-0.05, 0) is 43.8 Å². The smallest absolute Gasteiger partial charge is 0.292 e. The lowest BCUT2D eigenvalue weighted by Gasteiger charge is -2.19. The molecule has 0 aliphatic heterocycles. The summed E-state index contributed by atoms with van der Waals surface area (Å²) in [7, 11) is 1.58. The van der Waals surface area contributed by atoms with Gasteiger partial charge in [0.1, 0.15) is 6.61 Å². The summed E-state index contributed by atoms with van der Waals surface area (Å²) >= 11 is 0. The van der Waals surface area contributed by atoms with E-state index in [2.05, 4.69) is 29.0 Å². The van der Waals surface area contributed by atoms with Crippen LogP contribution >= 0.6 is 0 Å². The van der Waals surface area contributed by atoms with Gasteiger partial charge in [0.15, 0.2) is 11.5 Å². The maximum Gasteiger partial charge on any atom is 0.292 e. The number of aromatic amines is 1. The first-order valence-electron chi connectivity index (χ1n) is 10.9. The Kier molecular flexibility index (Phi) is 7.89. The van der Waals surface area contributed by atoms with Gasteiger partial charge in [0, 0.05) is 29.7 Å². The zero-order chi connectivity index (χ0) is 23.1. The zero-order valence-corrected chi connectivity index (χ0v) is 19.2. The molecule has 7 nitrogen and oxygen atoms in total. The first-order chi connectivity index (χ1) is 15.5. The number of benzene rings is 2. The monoisotopic (exact) mass is 437 g/mol. The van der Waals surface area contributed by atoms with Gasteiger partial charge in [-0.2, -0.15) is 0 Å². The molecular weight excluding hydrogens is 406 g/mol. The maximum absolute atomic E-state index is 12.8. The van der Waals surface area contributed by atoms with Crippen molar-refractivity contribution in [2.75, 3.05) is 33.4 Å². The summed E-state index contributed by atoms with van der Waals surface area (Å²) in [6.07, 6.45) is 0. The number of hydrogen-bond acceptors (Lipinski definition) is 5. The standard InChI is InChI=1S/C25H31N3O4/c1-5-28(6-2)13-14-32-21-12-11-18(15-22(21)31-4)16-26-25(30)24(29)23-17(3)27-20-10-8-7-9-19(20)23/h7-12,15,27H,5-6,13-14,16H2,1-4H3,(H,26,30). The van der Waals surface area contributed by atoms with Crippen LogP contribution in [0.3, 0.4) is 0 Å². The van der Waals surface area contributed by atoms with Crippen molar-refractivity contribution >= 4 is 22.6 Å². The van der Waals surface area contributed by atoms with Crippen molar-refractivity contribution in [2.45, 2.75) is 27.3 Å². The number of carbonyl (C=O) groups excluding carboxylic acids is 2. The molecule has 3 rings (SSSR count). The Labute approximate surface area is 188 Å². The van der Waals surface area contributed by atoms with E-state index in [-0.39, 0.29) is 6.54 Å². The van der Waals surface area contributed by atoms with Crippen LogP contribution in [0.1, 0.15) is 35.5 Å². The van der Waals surface area contributed by atoms with Gasteiger partial charge in [-0.1, -0.05) is 38.1 Å². The Balaban J connectivity index is 1.62. The molecule has 0 saturated carbocycles. The number of H-pyrrole nitrogens is 1. The molecule has 1 heterocycles. The molecule has 0 radical (unpaired) electrons. The third-order valence-corrected chi connectivity index (χ3v) is 5.57. The summed E-state index contributed by atoms with van der Waals surface area (Å²) in [6.45, 7) is 9.61. The molecule has 0 fully saturated rings. The summed E-state index contributed by atoms with van der Waals surface area (Å²) in [5.41, 5.74) is 2.74. The van der Waals surface area contributed by atoms with E-state index in [1.165, 1.54) is 0 Å². The highest BCUT2D eigenvalue weighted by Gasteiger charge is 2.22. The molecule has 0 aliphatic carbocycles. The van der Waals surface area contributed by atoms with Crippen LogP contribution in [0.5, 0.6) is 11.5 Å². The van der Waals surface area contributed by atoms with E-state index in [4.69, 9.17) is 9.47 Å². The number of nitrogens with zero attached hydrogens (tertiary/aromatic N) is 1. The van der Waals surface area contributed by atoms with E-state index >= 15 is 0 Å². The third-order valence-electron chi connectivity index (χ3n) is 5.57. The Hall–Kier alpha value is -3.32. The molecule has 32 heavy (non-hydrogen) atoms. The van der Waals surface area contributed by atoms with Gasteiger partial charge in [-0.15, -0.1) is 0 Å². The number of rotatable bonds is 11. The summed E-state index contributed by atoms with van der Waals surface area (Å²) in [6, 6.07) is 13.0. The molecule has 2 N–H and O–H groups in total. The minimum atomic E-state index is -0.642. The van der Waals surface area contributed by atoms with Crippen molar-refractivity contribution in [3.63, 3.8) is 0 Å². The molecule has 0 aliphatic rings. The number of carbonyl (C=O) groups is 2. The molecule has 0 bridgehead atoms. The van der Waals surface area contributed by atoms with Crippen molar-refractivity contribution < 1.29 is 19.1 Å². The highest BCUT2D eigenvalue weighted by atomic mass is 16.5. The molecule has 2 aromatic carbocycles. The average Bonchev–Trinajstić information content (AvgIpc) is 3.15. The second kappa shape index (κ2) is 10.8. The minimum Gasteiger partial charge on any atom is -0.493 e. The Morgan fingerprint density at radius 2 is 1.81 bits per heavy atom. The van der Waals surface area contributed by atoms with Crippen molar-refractivity contribution in [2.24, 2.45) is 0 Å². The fourth-order valence-corrected chi connectivity index (χ4v) is 3.71. The topological polar surface area (TPSA) is 83.7 Å². The number of ether oxygens (including phenoxy) is 2. The van der Waals surface area contributed by atoms with Crippen LogP contribution in [0, 0.1) is 6.92 Å². The second-order valence-electron chi connectivity index (χ2n) is 7.54. The van der Waals surface area contributed by atoms with Gasteiger partial charge in [0.25, 0.3) is 11.7 Å². The lowest BCUT2D eigenvalue weighted by molar-refractivity contribution is -0.117. The van der Waals surface area contributed by atoms with Crippen LogP contribution in [0.15, 0.2) is 42.5 Å².